The van der Waals surface area contributed by atoms with Crippen LogP contribution in [-0.4, -0.2) is 74.9 Å². The number of hydrogen-bond acceptors (Lipinski definition) is 12. The number of rotatable bonds is 8. The SMILES string of the molecule is C[C@H](OP(=O)(O)OP(=O)(O)OP(=O)(O)O)[C@H]1O[C@@H](n2cc(F)c3c(=O)[nH]c(N)nc32)C(O)(C#CCF)[C@H]1O. The molecule has 0 radical (unpaired) electrons. The molecule has 1 aliphatic heterocycles. The van der Waals surface area contributed by atoms with E-state index in [0.717, 1.165) is 6.92 Å². The van der Waals surface area contributed by atoms with Crippen LogP contribution in [-0.2, 0) is 31.6 Å². The van der Waals surface area contributed by atoms with Crippen LogP contribution in [0.5, 0.6) is 0 Å². The van der Waals surface area contributed by atoms with E-state index in [9.17, 15) is 47.3 Å². The van der Waals surface area contributed by atoms with E-state index >= 15 is 0 Å². The fourth-order valence-corrected chi connectivity index (χ4v) is 6.76. The van der Waals surface area contributed by atoms with Crippen molar-refractivity contribution in [2.24, 2.45) is 0 Å². The fourth-order valence-electron chi connectivity index (χ4n) is 3.56. The lowest BCUT2D eigenvalue weighted by Crippen LogP contribution is -2.47. The molecule has 0 saturated carbocycles. The number of hydrogen-bond donors (Lipinski definition) is 8. The topological polar surface area (TPSA) is 286 Å². The van der Waals surface area contributed by atoms with Crippen LogP contribution >= 0.6 is 23.5 Å². The minimum Gasteiger partial charge on any atom is -0.386 e. The first-order valence-corrected chi connectivity index (χ1v) is 14.3. The molecular formula is C15H19F2N4O14P3. The predicted molar refractivity (Wildman–Crippen MR) is 118 cm³/mol. The van der Waals surface area contributed by atoms with E-state index < -0.39 is 88.6 Å². The molecule has 0 amide bonds. The number of nitrogens with one attached hydrogen (secondary N) is 1. The Kier molecular flexibility index (Phi) is 8.41. The summed E-state index contributed by atoms with van der Waals surface area (Å²) in [4.78, 5) is 54.2. The predicted octanol–water partition coefficient (Wildman–Crippen LogP) is -0.860. The van der Waals surface area contributed by atoms with E-state index in [1.165, 1.54) is 0 Å². The number of nitrogens with two attached hydrogens (primary N) is 1. The van der Waals surface area contributed by atoms with Gasteiger partial charge >= 0.3 is 23.5 Å². The first-order valence-electron chi connectivity index (χ1n) is 9.80. The van der Waals surface area contributed by atoms with Crippen LogP contribution in [0.15, 0.2) is 11.0 Å². The summed E-state index contributed by atoms with van der Waals surface area (Å²) in [6, 6.07) is 0. The second-order valence-corrected chi connectivity index (χ2v) is 12.0. The maximum Gasteiger partial charge on any atom is 0.490 e. The van der Waals surface area contributed by atoms with E-state index in [0.29, 0.717) is 10.8 Å². The molecule has 3 heterocycles. The van der Waals surface area contributed by atoms with Crippen molar-refractivity contribution in [3.05, 3.63) is 22.4 Å². The summed E-state index contributed by atoms with van der Waals surface area (Å²) in [7, 11) is -17.3. The zero-order chi connectivity index (χ0) is 28.8. The van der Waals surface area contributed by atoms with E-state index in [-0.39, 0.29) is 0 Å². The smallest absolute Gasteiger partial charge is 0.386 e. The molecule has 9 N–H and O–H groups in total. The Morgan fingerprint density at radius 2 is 1.92 bits per heavy atom. The van der Waals surface area contributed by atoms with Crippen molar-refractivity contribution in [2.45, 2.75) is 37.1 Å². The summed E-state index contributed by atoms with van der Waals surface area (Å²) in [6.07, 6.45) is -7.42. The number of aliphatic hydroxyl groups excluding tert-OH is 1. The molecule has 23 heteroatoms. The second-order valence-electron chi connectivity index (χ2n) is 7.59. The van der Waals surface area contributed by atoms with Crippen molar-refractivity contribution in [1.29, 1.82) is 0 Å². The minimum atomic E-state index is -5.89. The number of anilines is 1. The van der Waals surface area contributed by atoms with Gasteiger partial charge in [-0.15, -0.1) is 0 Å². The zero-order valence-electron chi connectivity index (χ0n) is 18.6. The highest BCUT2D eigenvalue weighted by Gasteiger charge is 2.58. The molecule has 0 bridgehead atoms. The number of ether oxygens (including phenoxy) is 1. The monoisotopic (exact) mass is 610 g/mol. The Hall–Kier alpha value is -2.07. The van der Waals surface area contributed by atoms with Crippen LogP contribution in [0.1, 0.15) is 13.2 Å². The summed E-state index contributed by atoms with van der Waals surface area (Å²) < 4.78 is 79.8. The van der Waals surface area contributed by atoms with Crippen molar-refractivity contribution in [3.8, 4) is 11.8 Å². The highest BCUT2D eigenvalue weighted by atomic mass is 31.3. The Morgan fingerprint density at radius 1 is 1.29 bits per heavy atom. The highest BCUT2D eigenvalue weighted by Crippen LogP contribution is 2.66. The Morgan fingerprint density at radius 3 is 2.50 bits per heavy atom. The standard InChI is InChI=1S/C15H19F2N4O14P3/c1-6(33-37(28,29)35-38(30,31)34-36(25,26)27)9-10(22)15(24,3-2-4-16)13(32-9)21-5-7(17)8-11(21)19-14(18)20-12(8)23/h5-6,9-10,13,22,24H,4H2,1H3,(H,28,29)(H,30,31)(H2,25,26,27)(H3,18,19,20,23)/t6-,9+,10-,13+,15?/m0/s1. The van der Waals surface area contributed by atoms with Gasteiger partial charge in [-0.1, -0.05) is 11.8 Å². The van der Waals surface area contributed by atoms with Crippen LogP contribution < -0.4 is 11.3 Å². The lowest BCUT2D eigenvalue weighted by atomic mass is 9.92. The van der Waals surface area contributed by atoms with Crippen LogP contribution in [0.3, 0.4) is 0 Å². The van der Waals surface area contributed by atoms with Crippen molar-refractivity contribution in [2.75, 3.05) is 12.4 Å². The van der Waals surface area contributed by atoms with Gasteiger partial charge in [0.25, 0.3) is 5.56 Å². The van der Waals surface area contributed by atoms with Crippen molar-refractivity contribution >= 4 is 40.4 Å². The van der Waals surface area contributed by atoms with Gasteiger partial charge in [-0.25, -0.2) is 22.5 Å². The molecule has 0 aliphatic carbocycles. The molecule has 0 aromatic carbocycles. The largest absolute Gasteiger partial charge is 0.490 e. The molecule has 2 aromatic rings. The molecule has 1 fully saturated rings. The molecule has 1 saturated heterocycles. The molecule has 3 unspecified atom stereocenters. The number of nitrogen functional groups attached to an aromatic ring is 1. The van der Waals surface area contributed by atoms with E-state index in [2.05, 4.69) is 18.1 Å². The molecule has 0 spiro atoms. The zero-order valence-corrected chi connectivity index (χ0v) is 21.3. The first kappa shape index (κ1) is 30.5. The number of halogens is 2. The third-order valence-corrected chi connectivity index (χ3v) is 8.79. The maximum absolute atomic E-state index is 14.6. The quantitative estimate of drug-likeness (QED) is 0.133. The molecule has 3 rings (SSSR count). The first-order chi connectivity index (χ1) is 17.3. The third kappa shape index (κ3) is 6.38. The third-order valence-electron chi connectivity index (χ3n) is 4.87. The summed E-state index contributed by atoms with van der Waals surface area (Å²) in [5, 5.41) is 21.2. The normalized spacial score (nSPS) is 27.9. The molecule has 2 aromatic heterocycles. The molecule has 212 valence electrons. The molecule has 18 nitrogen and oxygen atoms in total. The summed E-state index contributed by atoms with van der Waals surface area (Å²) in [5.41, 5.74) is 1.12. The summed E-state index contributed by atoms with van der Waals surface area (Å²) >= 11 is 0. The lowest BCUT2D eigenvalue weighted by Gasteiger charge is -2.27. The molecule has 7 atom stereocenters. The number of nitrogens with zero attached hydrogens (tertiary/aromatic N) is 2. The molecular weight excluding hydrogens is 591 g/mol. The van der Waals surface area contributed by atoms with Crippen molar-refractivity contribution in [3.63, 3.8) is 0 Å². The van der Waals surface area contributed by atoms with Gasteiger partial charge in [0.05, 0.1) is 6.10 Å². The van der Waals surface area contributed by atoms with Gasteiger partial charge in [0.2, 0.25) is 5.95 Å². The molecule has 38 heavy (non-hydrogen) atoms. The Labute approximate surface area is 209 Å². The van der Waals surface area contributed by atoms with Crippen LogP contribution in [0, 0.1) is 17.7 Å². The van der Waals surface area contributed by atoms with Gasteiger partial charge in [-0.2, -0.15) is 13.6 Å². The lowest BCUT2D eigenvalue weighted by molar-refractivity contribution is -0.0831. The maximum atomic E-state index is 14.6. The minimum absolute atomic E-state index is 0.489. The second kappa shape index (κ2) is 10.5. The number of fused-ring (bicyclic) bond motifs is 1. The summed E-state index contributed by atoms with van der Waals surface area (Å²) in [6.45, 7) is -0.428. The van der Waals surface area contributed by atoms with Gasteiger partial charge in [-0.3, -0.25) is 18.9 Å². The van der Waals surface area contributed by atoms with Gasteiger partial charge in [0, 0.05) is 6.20 Å². The van der Waals surface area contributed by atoms with Crippen LogP contribution in [0.4, 0.5) is 14.7 Å². The van der Waals surface area contributed by atoms with Crippen LogP contribution in [0.25, 0.3) is 11.0 Å². The van der Waals surface area contributed by atoms with E-state index in [1.54, 1.807) is 0 Å². The fraction of sp³-hybridized carbons (Fsp3) is 0.467. The number of phosphoric ester groups is 1. The van der Waals surface area contributed by atoms with Gasteiger partial charge < -0.3 is 40.3 Å². The van der Waals surface area contributed by atoms with Crippen molar-refractivity contribution in [1.82, 2.24) is 14.5 Å². The molecule has 1 aliphatic rings. The number of H-pyrrole nitrogens is 1. The summed E-state index contributed by atoms with van der Waals surface area (Å²) in [5.74, 6) is 2.15. The van der Waals surface area contributed by atoms with Crippen molar-refractivity contribution < 1.29 is 70.1 Å². The number of alkyl halides is 1. The average Bonchev–Trinajstić information content (AvgIpc) is 3.17. The van der Waals surface area contributed by atoms with Gasteiger partial charge in [0.15, 0.2) is 23.3 Å². The van der Waals surface area contributed by atoms with Gasteiger partial charge in [-0.05, 0) is 6.92 Å². The number of phosphoric acid groups is 3. The number of aliphatic hydroxyl groups is 2. The Bertz CT molecular complexity index is 1500. The number of aromatic amines is 1. The van der Waals surface area contributed by atoms with Gasteiger partial charge in [0.1, 0.15) is 24.3 Å². The van der Waals surface area contributed by atoms with Crippen LogP contribution in [0.2, 0.25) is 0 Å². The average molecular weight is 610 g/mol. The highest BCUT2D eigenvalue weighted by molar-refractivity contribution is 7.66. The van der Waals surface area contributed by atoms with E-state index in [4.69, 9.17) is 20.3 Å². The Balaban J connectivity index is 1.99. The number of aromatic nitrogens is 3. The van der Waals surface area contributed by atoms with E-state index in [1.807, 2.05) is 16.8 Å².